The van der Waals surface area contributed by atoms with Crippen molar-refractivity contribution in [1.82, 2.24) is 10.3 Å². The Kier molecular flexibility index (Phi) is 10.8. The van der Waals surface area contributed by atoms with E-state index in [2.05, 4.69) is 22.9 Å². The molecule has 0 fully saturated rings. The molecule has 0 spiro atoms. The standard InChI is InChI=1S/C31H33N3O5/c1-21(22(2)23(3)26-7-5-4-6-8-26)19-38-29-10-9-27(17-34-18-28(35)12-31(36)37)30(13-29)39-20-25-11-24(14-32)15-33-16-25/h4-11,13,15-16,28,34-35H,3,12,17-20H2,1-2H3,(H,36,37)/b22-21+/t28-/m0/s1. The molecule has 0 saturated heterocycles. The molecule has 0 aliphatic carbocycles. The maximum Gasteiger partial charge on any atom is 0.306 e. The van der Waals surface area contributed by atoms with E-state index in [-0.39, 0.29) is 19.6 Å². The van der Waals surface area contributed by atoms with Gasteiger partial charge in [-0.2, -0.15) is 5.26 Å². The minimum atomic E-state index is -1.06. The fourth-order valence-corrected chi connectivity index (χ4v) is 3.75. The maximum absolute atomic E-state index is 10.8. The van der Waals surface area contributed by atoms with Crippen LogP contribution in [-0.2, 0) is 17.9 Å². The summed E-state index contributed by atoms with van der Waals surface area (Å²) in [5.74, 6) is 0.109. The molecule has 0 amide bonds. The number of nitriles is 1. The Hall–Kier alpha value is -4.45. The predicted octanol–water partition coefficient (Wildman–Crippen LogP) is 4.89. The van der Waals surface area contributed by atoms with Gasteiger partial charge in [-0.25, -0.2) is 0 Å². The molecule has 0 radical (unpaired) electrons. The second kappa shape index (κ2) is 14.5. The molecule has 3 N–H and O–H groups in total. The van der Waals surface area contributed by atoms with Crippen molar-refractivity contribution in [2.45, 2.75) is 39.5 Å². The van der Waals surface area contributed by atoms with Crippen LogP contribution in [0.3, 0.4) is 0 Å². The highest BCUT2D eigenvalue weighted by atomic mass is 16.5. The lowest BCUT2D eigenvalue weighted by atomic mass is 9.97. The molecule has 0 unspecified atom stereocenters. The van der Waals surface area contributed by atoms with Crippen LogP contribution >= 0.6 is 0 Å². The second-order valence-corrected chi connectivity index (χ2v) is 9.17. The van der Waals surface area contributed by atoms with E-state index >= 15 is 0 Å². The van der Waals surface area contributed by atoms with E-state index in [1.807, 2.05) is 56.3 Å². The molecule has 0 aliphatic rings. The first-order chi connectivity index (χ1) is 18.8. The average Bonchev–Trinajstić information content (AvgIpc) is 2.94. The first-order valence-electron chi connectivity index (χ1n) is 12.5. The summed E-state index contributed by atoms with van der Waals surface area (Å²) in [6.45, 7) is 9.29. The summed E-state index contributed by atoms with van der Waals surface area (Å²) in [6, 6.07) is 19.3. The van der Waals surface area contributed by atoms with Gasteiger partial charge >= 0.3 is 5.97 Å². The number of hydrogen-bond donors (Lipinski definition) is 3. The zero-order valence-corrected chi connectivity index (χ0v) is 22.2. The SMILES string of the molecule is C=C(/C(C)=C(\C)COc1ccc(CNC[C@@H](O)CC(=O)O)c(OCc2cncc(C#N)c2)c1)c1ccccc1. The Morgan fingerprint density at radius 1 is 1.13 bits per heavy atom. The smallest absolute Gasteiger partial charge is 0.306 e. The molecule has 0 aliphatic heterocycles. The van der Waals surface area contributed by atoms with Gasteiger partial charge in [0.05, 0.1) is 18.1 Å². The molecular weight excluding hydrogens is 494 g/mol. The van der Waals surface area contributed by atoms with Crippen molar-refractivity contribution in [1.29, 1.82) is 5.26 Å². The number of nitrogens with one attached hydrogen (secondary N) is 1. The lowest BCUT2D eigenvalue weighted by Gasteiger charge is -2.16. The van der Waals surface area contributed by atoms with Gasteiger partial charge in [-0.05, 0) is 48.3 Å². The van der Waals surface area contributed by atoms with Crippen LogP contribution in [0.4, 0.5) is 0 Å². The fraction of sp³-hybridized carbons (Fsp3) is 0.258. The van der Waals surface area contributed by atoms with Gasteiger partial charge < -0.3 is 25.0 Å². The van der Waals surface area contributed by atoms with Crippen LogP contribution in [0.25, 0.3) is 5.57 Å². The monoisotopic (exact) mass is 527 g/mol. The number of aliphatic hydroxyl groups excluding tert-OH is 1. The molecule has 1 heterocycles. The van der Waals surface area contributed by atoms with Gasteiger partial charge in [0.25, 0.3) is 0 Å². The number of aliphatic carboxylic acids is 1. The Morgan fingerprint density at radius 3 is 2.62 bits per heavy atom. The van der Waals surface area contributed by atoms with Gasteiger partial charge in [0.2, 0.25) is 0 Å². The third-order valence-corrected chi connectivity index (χ3v) is 6.13. The van der Waals surface area contributed by atoms with Crippen LogP contribution in [0.5, 0.6) is 11.5 Å². The highest BCUT2D eigenvalue weighted by Crippen LogP contribution is 2.28. The van der Waals surface area contributed by atoms with Gasteiger partial charge in [-0.1, -0.05) is 43.0 Å². The van der Waals surface area contributed by atoms with E-state index in [1.165, 1.54) is 6.20 Å². The van der Waals surface area contributed by atoms with Gasteiger partial charge in [0, 0.05) is 42.7 Å². The fourth-order valence-electron chi connectivity index (χ4n) is 3.75. The molecule has 1 atom stereocenters. The van der Waals surface area contributed by atoms with Gasteiger partial charge in [0.1, 0.15) is 30.8 Å². The number of carboxylic acids is 1. The lowest BCUT2D eigenvalue weighted by molar-refractivity contribution is -0.139. The molecule has 3 rings (SSSR count). The summed E-state index contributed by atoms with van der Waals surface area (Å²) in [5, 5.41) is 30.9. The molecule has 1 aromatic heterocycles. The predicted molar refractivity (Wildman–Crippen MR) is 149 cm³/mol. The molecule has 39 heavy (non-hydrogen) atoms. The number of carboxylic acid groups (broad SMARTS) is 1. The van der Waals surface area contributed by atoms with Crippen LogP contribution < -0.4 is 14.8 Å². The minimum absolute atomic E-state index is 0.118. The number of aromatic nitrogens is 1. The van der Waals surface area contributed by atoms with Crippen LogP contribution in [0.1, 0.15) is 42.5 Å². The molecule has 3 aromatic rings. The maximum atomic E-state index is 10.8. The third-order valence-electron chi connectivity index (χ3n) is 6.13. The van der Waals surface area contributed by atoms with Crippen LogP contribution in [0.2, 0.25) is 0 Å². The molecule has 8 nitrogen and oxygen atoms in total. The van der Waals surface area contributed by atoms with Crippen LogP contribution in [0.15, 0.2) is 84.7 Å². The number of aliphatic hydroxyl groups is 1. The van der Waals surface area contributed by atoms with E-state index in [0.29, 0.717) is 30.2 Å². The van der Waals surface area contributed by atoms with E-state index in [4.69, 9.17) is 19.8 Å². The molecule has 202 valence electrons. The van der Waals surface area contributed by atoms with E-state index in [1.54, 1.807) is 18.3 Å². The van der Waals surface area contributed by atoms with Crippen molar-refractivity contribution < 1.29 is 24.5 Å². The zero-order chi connectivity index (χ0) is 28.2. The van der Waals surface area contributed by atoms with Gasteiger partial charge in [0.15, 0.2) is 0 Å². The van der Waals surface area contributed by atoms with E-state index in [9.17, 15) is 9.90 Å². The number of benzene rings is 2. The van der Waals surface area contributed by atoms with Crippen molar-refractivity contribution in [3.8, 4) is 17.6 Å². The topological polar surface area (TPSA) is 125 Å². The first-order valence-corrected chi connectivity index (χ1v) is 12.5. The summed E-state index contributed by atoms with van der Waals surface area (Å²) < 4.78 is 12.2. The number of pyridine rings is 1. The number of rotatable bonds is 14. The summed E-state index contributed by atoms with van der Waals surface area (Å²) in [6.07, 6.45) is 1.78. The molecule has 2 aromatic carbocycles. The van der Waals surface area contributed by atoms with Gasteiger partial charge in [-0.15, -0.1) is 0 Å². The molecule has 8 heteroatoms. The van der Waals surface area contributed by atoms with Crippen molar-refractivity contribution >= 4 is 11.5 Å². The van der Waals surface area contributed by atoms with Crippen molar-refractivity contribution in [2.24, 2.45) is 0 Å². The van der Waals surface area contributed by atoms with Crippen LogP contribution in [-0.4, -0.2) is 40.4 Å². The average molecular weight is 528 g/mol. The second-order valence-electron chi connectivity index (χ2n) is 9.17. The van der Waals surface area contributed by atoms with E-state index < -0.39 is 12.1 Å². The number of ether oxygens (including phenoxy) is 2. The highest BCUT2D eigenvalue weighted by Gasteiger charge is 2.12. The zero-order valence-electron chi connectivity index (χ0n) is 22.2. The highest BCUT2D eigenvalue weighted by molar-refractivity contribution is 5.77. The van der Waals surface area contributed by atoms with Crippen molar-refractivity contribution in [3.05, 3.63) is 107 Å². The first kappa shape index (κ1) is 29.1. The van der Waals surface area contributed by atoms with E-state index in [0.717, 1.165) is 33.4 Å². The lowest BCUT2D eigenvalue weighted by Crippen LogP contribution is -2.28. The van der Waals surface area contributed by atoms with Crippen LogP contribution in [0, 0.1) is 11.3 Å². The Labute approximate surface area is 228 Å². The molecule has 0 bridgehead atoms. The quantitative estimate of drug-likeness (QED) is 0.253. The normalized spacial score (nSPS) is 12.2. The third kappa shape index (κ3) is 9.11. The molecule has 0 saturated carbocycles. The number of allylic oxidation sites excluding steroid dienone is 2. The van der Waals surface area contributed by atoms with Crippen molar-refractivity contribution in [2.75, 3.05) is 13.2 Å². The molecular formula is C31H33N3O5. The minimum Gasteiger partial charge on any atom is -0.489 e. The Balaban J connectivity index is 1.73. The summed E-state index contributed by atoms with van der Waals surface area (Å²) in [5.41, 5.74) is 6.09. The number of nitrogens with zero attached hydrogens (tertiary/aromatic N) is 2. The largest absolute Gasteiger partial charge is 0.489 e. The Bertz CT molecular complexity index is 1360. The van der Waals surface area contributed by atoms with Gasteiger partial charge in [-0.3, -0.25) is 9.78 Å². The number of carbonyl (C=O) groups is 1. The summed E-state index contributed by atoms with van der Waals surface area (Å²) >= 11 is 0. The Morgan fingerprint density at radius 2 is 1.90 bits per heavy atom. The van der Waals surface area contributed by atoms with Crippen molar-refractivity contribution in [3.63, 3.8) is 0 Å². The summed E-state index contributed by atoms with van der Waals surface area (Å²) in [4.78, 5) is 14.9. The summed E-state index contributed by atoms with van der Waals surface area (Å²) in [7, 11) is 0. The number of hydrogen-bond acceptors (Lipinski definition) is 7.